The fraction of sp³-hybridized carbons (Fsp3) is 0.125. The lowest BCUT2D eigenvalue weighted by atomic mass is 9.89. The predicted molar refractivity (Wildman–Crippen MR) is 85.1 cm³/mol. The maximum Gasteiger partial charge on any atom is 0.273 e. The fourth-order valence-corrected chi connectivity index (χ4v) is 2.87. The first-order valence-electron chi connectivity index (χ1n) is 7.09. The third kappa shape index (κ3) is 2.81. The van der Waals surface area contributed by atoms with Crippen LogP contribution in [0.5, 0.6) is 0 Å². The number of rotatable bonds is 5. The Morgan fingerprint density at radius 3 is 2.54 bits per heavy atom. The SMILES string of the molecule is O=[N+]([O-])CC(c1cc(F)ccc1[N+](=O)[O-])c1c[nH]c2ccccc12. The van der Waals surface area contributed by atoms with Crippen molar-refractivity contribution < 1.29 is 14.2 Å². The minimum Gasteiger partial charge on any atom is -0.361 e. The monoisotopic (exact) mass is 329 g/mol. The van der Waals surface area contributed by atoms with Gasteiger partial charge in [-0.05, 0) is 23.8 Å². The Balaban J connectivity index is 2.23. The third-order valence-corrected chi connectivity index (χ3v) is 3.89. The van der Waals surface area contributed by atoms with Crippen molar-refractivity contribution in [3.63, 3.8) is 0 Å². The lowest BCUT2D eigenvalue weighted by molar-refractivity contribution is -0.482. The number of H-pyrrole nitrogens is 1. The number of hydrogen-bond donors (Lipinski definition) is 1. The van der Waals surface area contributed by atoms with Crippen LogP contribution in [0.4, 0.5) is 10.1 Å². The van der Waals surface area contributed by atoms with Gasteiger partial charge >= 0.3 is 0 Å². The summed E-state index contributed by atoms with van der Waals surface area (Å²) in [6.45, 7) is -0.577. The zero-order chi connectivity index (χ0) is 17.3. The molecule has 0 aliphatic carbocycles. The molecule has 1 heterocycles. The standard InChI is InChI=1S/C16H12FN3O4/c17-10-5-6-16(20(23)24)12(7-10)14(9-19(21)22)13-8-18-15-4-2-1-3-11(13)15/h1-8,14,18H,9H2. The maximum atomic E-state index is 13.7. The summed E-state index contributed by atoms with van der Waals surface area (Å²) in [4.78, 5) is 24.2. The first-order valence-corrected chi connectivity index (χ1v) is 7.09. The average molecular weight is 329 g/mol. The zero-order valence-corrected chi connectivity index (χ0v) is 12.3. The number of nitro groups is 2. The summed E-state index contributed by atoms with van der Waals surface area (Å²) in [5, 5.41) is 23.1. The van der Waals surface area contributed by atoms with Gasteiger partial charge in [-0.25, -0.2) is 4.39 Å². The van der Waals surface area contributed by atoms with Gasteiger partial charge in [0.2, 0.25) is 6.54 Å². The molecule has 0 bridgehead atoms. The average Bonchev–Trinajstić information content (AvgIpc) is 2.96. The summed E-state index contributed by atoms with van der Waals surface area (Å²) in [6.07, 6.45) is 1.58. The highest BCUT2D eigenvalue weighted by atomic mass is 19.1. The first-order chi connectivity index (χ1) is 11.5. The van der Waals surface area contributed by atoms with Crippen LogP contribution in [0, 0.1) is 26.0 Å². The molecule has 1 atom stereocenters. The minimum atomic E-state index is -0.938. The number of aromatic amines is 1. The van der Waals surface area contributed by atoms with Crippen LogP contribution in [-0.2, 0) is 0 Å². The molecule has 0 saturated carbocycles. The Hall–Kier alpha value is -3.29. The normalized spacial score (nSPS) is 12.2. The number of fused-ring (bicyclic) bond motifs is 1. The number of para-hydroxylation sites is 1. The third-order valence-electron chi connectivity index (χ3n) is 3.89. The van der Waals surface area contributed by atoms with Crippen LogP contribution in [0.2, 0.25) is 0 Å². The smallest absolute Gasteiger partial charge is 0.273 e. The summed E-state index contributed by atoms with van der Waals surface area (Å²) < 4.78 is 13.7. The van der Waals surface area contributed by atoms with Crippen LogP contribution >= 0.6 is 0 Å². The predicted octanol–water partition coefficient (Wildman–Crippen LogP) is 3.62. The first kappa shape index (κ1) is 15.6. The van der Waals surface area contributed by atoms with E-state index < -0.39 is 28.1 Å². The van der Waals surface area contributed by atoms with Gasteiger partial charge in [-0.1, -0.05) is 18.2 Å². The van der Waals surface area contributed by atoms with Crippen molar-refractivity contribution in [1.82, 2.24) is 4.98 Å². The lowest BCUT2D eigenvalue weighted by Gasteiger charge is -2.13. The number of benzene rings is 2. The van der Waals surface area contributed by atoms with Gasteiger partial charge in [-0.3, -0.25) is 20.2 Å². The van der Waals surface area contributed by atoms with Crippen LogP contribution in [-0.4, -0.2) is 21.4 Å². The molecule has 122 valence electrons. The van der Waals surface area contributed by atoms with E-state index in [0.717, 1.165) is 23.7 Å². The van der Waals surface area contributed by atoms with Gasteiger partial charge < -0.3 is 4.98 Å². The Kier molecular flexibility index (Phi) is 3.95. The van der Waals surface area contributed by atoms with Crippen molar-refractivity contribution in [3.8, 4) is 0 Å². The van der Waals surface area contributed by atoms with E-state index in [1.165, 1.54) is 0 Å². The summed E-state index contributed by atoms with van der Waals surface area (Å²) in [7, 11) is 0. The highest BCUT2D eigenvalue weighted by molar-refractivity contribution is 5.84. The number of hydrogen-bond acceptors (Lipinski definition) is 4. The molecule has 1 unspecified atom stereocenters. The van der Waals surface area contributed by atoms with E-state index in [9.17, 15) is 24.6 Å². The van der Waals surface area contributed by atoms with Gasteiger partial charge in [-0.2, -0.15) is 0 Å². The second-order valence-corrected chi connectivity index (χ2v) is 5.32. The molecule has 0 aliphatic heterocycles. The molecule has 7 nitrogen and oxygen atoms in total. The van der Waals surface area contributed by atoms with E-state index in [4.69, 9.17) is 0 Å². The van der Waals surface area contributed by atoms with Gasteiger partial charge in [0.1, 0.15) is 5.82 Å². The summed E-state index contributed by atoms with van der Waals surface area (Å²) in [5.74, 6) is -1.61. The van der Waals surface area contributed by atoms with Crippen LogP contribution in [0.3, 0.4) is 0 Å². The number of aromatic nitrogens is 1. The number of nitrogens with zero attached hydrogens (tertiary/aromatic N) is 2. The Morgan fingerprint density at radius 1 is 1.08 bits per heavy atom. The lowest BCUT2D eigenvalue weighted by Crippen LogP contribution is -2.15. The van der Waals surface area contributed by atoms with Crippen molar-refractivity contribution in [1.29, 1.82) is 0 Å². The molecule has 3 rings (SSSR count). The molecule has 8 heteroatoms. The molecule has 1 N–H and O–H groups in total. The topological polar surface area (TPSA) is 102 Å². The molecule has 0 aliphatic rings. The van der Waals surface area contributed by atoms with Gasteiger partial charge in [0, 0.05) is 33.7 Å². The van der Waals surface area contributed by atoms with Crippen molar-refractivity contribution in [2.24, 2.45) is 0 Å². The van der Waals surface area contributed by atoms with Crippen LogP contribution in [0.1, 0.15) is 17.0 Å². The second-order valence-electron chi connectivity index (χ2n) is 5.32. The van der Waals surface area contributed by atoms with Gasteiger partial charge in [0.05, 0.1) is 10.8 Å². The molecule has 24 heavy (non-hydrogen) atoms. The highest BCUT2D eigenvalue weighted by Crippen LogP contribution is 2.36. The van der Waals surface area contributed by atoms with Crippen molar-refractivity contribution in [2.75, 3.05) is 6.54 Å². The van der Waals surface area contributed by atoms with Crippen molar-refractivity contribution in [2.45, 2.75) is 5.92 Å². The maximum absolute atomic E-state index is 13.7. The van der Waals surface area contributed by atoms with Crippen LogP contribution < -0.4 is 0 Å². The summed E-state index contributed by atoms with van der Waals surface area (Å²) >= 11 is 0. The van der Waals surface area contributed by atoms with E-state index in [1.807, 2.05) is 0 Å². The Bertz CT molecular complexity index is 938. The van der Waals surface area contributed by atoms with E-state index in [0.29, 0.717) is 10.9 Å². The number of nitrogens with one attached hydrogen (secondary N) is 1. The van der Waals surface area contributed by atoms with E-state index in [2.05, 4.69) is 4.98 Å². The molecule has 3 aromatic rings. The molecular weight excluding hydrogens is 317 g/mol. The molecule has 1 aromatic heterocycles. The molecule has 0 amide bonds. The van der Waals surface area contributed by atoms with Crippen molar-refractivity contribution >= 4 is 16.6 Å². The molecule has 0 saturated heterocycles. The minimum absolute atomic E-state index is 0.0125. The summed E-state index contributed by atoms with van der Waals surface area (Å²) in [6, 6.07) is 10.1. The van der Waals surface area contributed by atoms with Gasteiger partial charge in [0.15, 0.2) is 0 Å². The van der Waals surface area contributed by atoms with Crippen LogP contribution in [0.15, 0.2) is 48.7 Å². The van der Waals surface area contributed by atoms with E-state index >= 15 is 0 Å². The molecule has 0 radical (unpaired) electrons. The highest BCUT2D eigenvalue weighted by Gasteiger charge is 2.30. The fourth-order valence-electron chi connectivity index (χ4n) is 2.87. The quantitative estimate of drug-likeness (QED) is 0.570. The second kappa shape index (κ2) is 6.07. The van der Waals surface area contributed by atoms with E-state index in [-0.39, 0.29) is 11.3 Å². The largest absolute Gasteiger partial charge is 0.361 e. The van der Waals surface area contributed by atoms with Gasteiger partial charge in [-0.15, -0.1) is 0 Å². The summed E-state index contributed by atoms with van der Waals surface area (Å²) in [5.41, 5.74) is 0.922. The molecular formula is C16H12FN3O4. The Labute approximate surface area is 135 Å². The molecule has 2 aromatic carbocycles. The number of halogens is 1. The molecule has 0 fully saturated rings. The zero-order valence-electron chi connectivity index (χ0n) is 12.3. The van der Waals surface area contributed by atoms with E-state index in [1.54, 1.807) is 30.5 Å². The van der Waals surface area contributed by atoms with Gasteiger partial charge in [0.25, 0.3) is 5.69 Å². The van der Waals surface area contributed by atoms with Crippen LogP contribution in [0.25, 0.3) is 10.9 Å². The Morgan fingerprint density at radius 2 is 1.83 bits per heavy atom. The molecule has 0 spiro atoms. The van der Waals surface area contributed by atoms with Crippen molar-refractivity contribution in [3.05, 3.63) is 85.8 Å². The number of nitro benzene ring substituents is 1.